The number of benzene rings is 2. The van der Waals surface area contributed by atoms with E-state index in [0.717, 1.165) is 18.2 Å². The van der Waals surface area contributed by atoms with Gasteiger partial charge in [-0.1, -0.05) is 6.07 Å². The van der Waals surface area contributed by atoms with Gasteiger partial charge in [-0.3, -0.25) is 9.78 Å². The van der Waals surface area contributed by atoms with Crippen LogP contribution >= 0.6 is 0 Å². The predicted octanol–water partition coefficient (Wildman–Crippen LogP) is 6.36. The molecular weight excluding hydrogens is 507 g/mol. The minimum Gasteiger partial charge on any atom is -0.324 e. The van der Waals surface area contributed by atoms with Gasteiger partial charge in [0.05, 0.1) is 28.7 Å². The summed E-state index contributed by atoms with van der Waals surface area (Å²) < 4.78 is 108. The van der Waals surface area contributed by atoms with E-state index in [1.807, 2.05) is 0 Å². The van der Waals surface area contributed by atoms with Crippen LogP contribution in [0.5, 0.6) is 0 Å². The number of anilines is 3. The number of hydrogen-bond donors (Lipinski definition) is 2. The summed E-state index contributed by atoms with van der Waals surface area (Å²) in [6.45, 7) is -1.38. The van der Waals surface area contributed by atoms with Gasteiger partial charge in [-0.05, 0) is 67.8 Å². The van der Waals surface area contributed by atoms with E-state index in [9.17, 15) is 18.0 Å². The fourth-order valence-corrected chi connectivity index (χ4v) is 3.40. The standard InChI is InChI=1S/C28H22F3N7O/c1-17-5-6-19(10-25(17)37-27-33-9-7-24(36-27)20-4-3-8-32-14-20)26(39)35-22-11-21(28(29,30)31)12-23(13-22)38-15-18(2)34-16-38/h3-16H,1-2H3,(H,35,39)(H,33,36,37)/i1D3,11D,12D,13D,15D,16D. The van der Waals surface area contributed by atoms with E-state index in [4.69, 9.17) is 11.0 Å². The molecule has 0 spiro atoms. The predicted molar refractivity (Wildman–Crippen MR) is 141 cm³/mol. The number of imidazole rings is 1. The highest BCUT2D eigenvalue weighted by Gasteiger charge is 2.31. The van der Waals surface area contributed by atoms with Gasteiger partial charge in [0, 0.05) is 57.1 Å². The second-order valence-corrected chi connectivity index (χ2v) is 8.06. The fourth-order valence-electron chi connectivity index (χ4n) is 3.40. The number of rotatable bonds is 6. The Bertz CT molecular complexity index is 2020. The number of pyridine rings is 1. The Morgan fingerprint density at radius 3 is 2.69 bits per heavy atom. The van der Waals surface area contributed by atoms with Crippen molar-refractivity contribution in [3.63, 3.8) is 0 Å². The van der Waals surface area contributed by atoms with E-state index < -0.39 is 66.5 Å². The lowest BCUT2D eigenvalue weighted by Crippen LogP contribution is -2.14. The number of amides is 1. The van der Waals surface area contributed by atoms with Crippen molar-refractivity contribution in [2.75, 3.05) is 10.6 Å². The molecule has 2 aromatic carbocycles. The highest BCUT2D eigenvalue weighted by atomic mass is 19.4. The summed E-state index contributed by atoms with van der Waals surface area (Å²) in [4.78, 5) is 29.7. The summed E-state index contributed by atoms with van der Waals surface area (Å²) in [6.07, 6.45) is -2.06. The molecule has 1 amide bonds. The number of nitrogens with one attached hydrogen (secondary N) is 2. The third-order valence-corrected chi connectivity index (χ3v) is 5.21. The maximum atomic E-state index is 14.1. The molecule has 0 saturated heterocycles. The van der Waals surface area contributed by atoms with Crippen LogP contribution in [-0.4, -0.2) is 30.4 Å². The molecule has 8 nitrogen and oxygen atoms in total. The number of aryl methyl sites for hydroxylation is 2. The van der Waals surface area contributed by atoms with Crippen molar-refractivity contribution < 1.29 is 28.9 Å². The van der Waals surface area contributed by atoms with Gasteiger partial charge >= 0.3 is 6.18 Å². The fraction of sp³-hybridized carbons (Fsp3) is 0.107. The molecule has 3 aromatic heterocycles. The molecule has 2 N–H and O–H groups in total. The van der Waals surface area contributed by atoms with Crippen molar-refractivity contribution in [2.24, 2.45) is 0 Å². The maximum absolute atomic E-state index is 14.1. The average molecular weight is 538 g/mol. The second-order valence-electron chi connectivity index (χ2n) is 8.06. The van der Waals surface area contributed by atoms with Crippen LogP contribution in [0.4, 0.5) is 30.5 Å². The van der Waals surface area contributed by atoms with E-state index in [1.165, 1.54) is 13.1 Å². The SMILES string of the molecule is [2H]c1c(NC(=O)c2ccc(C([2H])([2H])[2H])c(Nc3nccc(-c4cccnc4)n3)c2)c([2H])c(C(F)(F)F)c([2H])c1-n1c([2H])nc(C)c1[2H]. The number of halogens is 3. The van der Waals surface area contributed by atoms with E-state index in [2.05, 4.69) is 30.6 Å². The second kappa shape index (κ2) is 10.4. The Morgan fingerprint density at radius 1 is 1.10 bits per heavy atom. The largest absolute Gasteiger partial charge is 0.416 e. The molecular formula is C28H22F3N7O. The molecule has 3 heterocycles. The Morgan fingerprint density at radius 2 is 1.97 bits per heavy atom. The monoisotopic (exact) mass is 537 g/mol. The molecule has 0 radical (unpaired) electrons. The number of aromatic nitrogens is 5. The van der Waals surface area contributed by atoms with Gasteiger partial charge in [-0.2, -0.15) is 13.2 Å². The first kappa shape index (κ1) is 17.4. The Hall–Kier alpha value is -5.06. The van der Waals surface area contributed by atoms with Crippen molar-refractivity contribution in [2.45, 2.75) is 20.0 Å². The molecule has 0 aliphatic carbocycles. The highest BCUT2D eigenvalue weighted by molar-refractivity contribution is 6.05. The van der Waals surface area contributed by atoms with Gasteiger partial charge in [0.1, 0.15) is 1.37 Å². The van der Waals surface area contributed by atoms with Crippen LogP contribution in [0.2, 0.25) is 0 Å². The Balaban J connectivity index is 1.59. The third kappa shape index (κ3) is 5.93. The Labute approximate surface area is 232 Å². The molecule has 0 saturated carbocycles. The van der Waals surface area contributed by atoms with Crippen molar-refractivity contribution in [1.29, 1.82) is 0 Å². The number of carbonyl (C=O) groups excluding carboxylic acids is 1. The van der Waals surface area contributed by atoms with Crippen LogP contribution < -0.4 is 10.6 Å². The molecule has 0 unspecified atom stereocenters. The molecule has 5 aromatic rings. The van der Waals surface area contributed by atoms with E-state index in [1.54, 1.807) is 30.6 Å². The number of hydrogen-bond acceptors (Lipinski definition) is 6. The molecule has 0 aliphatic heterocycles. The first-order valence-electron chi connectivity index (χ1n) is 15.2. The average Bonchev–Trinajstić information content (AvgIpc) is 3.24. The highest BCUT2D eigenvalue weighted by Crippen LogP contribution is 2.33. The van der Waals surface area contributed by atoms with E-state index in [-0.39, 0.29) is 28.5 Å². The molecule has 39 heavy (non-hydrogen) atoms. The van der Waals surface area contributed by atoms with E-state index in [0.29, 0.717) is 15.8 Å². The summed E-state index contributed by atoms with van der Waals surface area (Å²) >= 11 is 0. The zero-order valence-electron chi connectivity index (χ0n) is 28.0. The Kier molecular flexibility index (Phi) is 4.64. The molecule has 196 valence electrons. The summed E-state index contributed by atoms with van der Waals surface area (Å²) in [7, 11) is 0. The van der Waals surface area contributed by atoms with Crippen LogP contribution in [0.3, 0.4) is 0 Å². The van der Waals surface area contributed by atoms with Gasteiger partial charge < -0.3 is 15.2 Å². The quantitative estimate of drug-likeness (QED) is 0.262. The van der Waals surface area contributed by atoms with E-state index >= 15 is 0 Å². The van der Waals surface area contributed by atoms with Crippen molar-refractivity contribution in [3.8, 4) is 16.9 Å². The summed E-state index contributed by atoms with van der Waals surface area (Å²) in [6, 6.07) is 4.63. The van der Waals surface area contributed by atoms with Crippen LogP contribution in [-0.2, 0) is 6.18 Å². The molecule has 0 aliphatic rings. The van der Waals surface area contributed by atoms with Crippen molar-refractivity contribution >= 4 is 23.2 Å². The van der Waals surface area contributed by atoms with Gasteiger partial charge in [0.25, 0.3) is 5.91 Å². The van der Waals surface area contributed by atoms with Crippen LogP contribution in [0.15, 0.2) is 85.6 Å². The third-order valence-electron chi connectivity index (χ3n) is 5.21. The van der Waals surface area contributed by atoms with Crippen LogP contribution in [0, 0.1) is 13.8 Å². The van der Waals surface area contributed by atoms with Crippen molar-refractivity contribution in [1.82, 2.24) is 24.5 Å². The minimum atomic E-state index is -5.29. The van der Waals surface area contributed by atoms with Gasteiger partial charge in [0.2, 0.25) is 5.95 Å². The van der Waals surface area contributed by atoms with Crippen LogP contribution in [0.1, 0.15) is 38.1 Å². The molecule has 11 heteroatoms. The minimum absolute atomic E-state index is 0.0465. The zero-order valence-corrected chi connectivity index (χ0v) is 20.0. The maximum Gasteiger partial charge on any atom is 0.416 e. The first-order chi connectivity index (χ1) is 22.0. The smallest absolute Gasteiger partial charge is 0.324 e. The number of alkyl halides is 3. The van der Waals surface area contributed by atoms with Gasteiger partial charge in [-0.15, -0.1) is 0 Å². The van der Waals surface area contributed by atoms with Gasteiger partial charge in [-0.25, -0.2) is 15.0 Å². The lowest BCUT2D eigenvalue weighted by molar-refractivity contribution is -0.137. The zero-order chi connectivity index (χ0) is 34.4. The topological polar surface area (TPSA) is 97.6 Å². The molecule has 0 bridgehead atoms. The lowest BCUT2D eigenvalue weighted by atomic mass is 10.1. The summed E-state index contributed by atoms with van der Waals surface area (Å²) in [5, 5.41) is 4.88. The molecule has 0 atom stereocenters. The summed E-state index contributed by atoms with van der Waals surface area (Å²) in [5.74, 6) is -1.18. The normalized spacial score (nSPS) is 14.6. The number of carbonyl (C=O) groups is 1. The first-order valence-corrected chi connectivity index (χ1v) is 11.2. The van der Waals surface area contributed by atoms with Crippen LogP contribution in [0.25, 0.3) is 16.9 Å². The molecule has 0 fully saturated rings. The molecule has 5 rings (SSSR count). The lowest BCUT2D eigenvalue weighted by Gasteiger charge is -2.14. The van der Waals surface area contributed by atoms with Gasteiger partial charge in [0.15, 0.2) is 0 Å². The van der Waals surface area contributed by atoms with Crippen molar-refractivity contribution in [3.05, 3.63) is 108 Å². The summed E-state index contributed by atoms with van der Waals surface area (Å²) in [5.41, 5.74) is -3.30. The number of nitrogens with zero attached hydrogens (tertiary/aromatic N) is 5.